The molecule has 1 aliphatic heterocycles. The van der Waals surface area contributed by atoms with Gasteiger partial charge < -0.3 is 15.4 Å². The van der Waals surface area contributed by atoms with Crippen LogP contribution in [0.1, 0.15) is 25.7 Å². The van der Waals surface area contributed by atoms with Crippen molar-refractivity contribution in [3.63, 3.8) is 0 Å². The molecule has 0 aliphatic carbocycles. The molecule has 0 spiro atoms. The predicted molar refractivity (Wildman–Crippen MR) is 69.0 cm³/mol. The maximum absolute atomic E-state index is 11.6. The SMILES string of the molecule is N#CCC(=O)NCCCNC(=O)C=C1CCOCC1. The van der Waals surface area contributed by atoms with Gasteiger partial charge in [0.1, 0.15) is 6.42 Å². The number of rotatable bonds is 6. The highest BCUT2D eigenvalue weighted by atomic mass is 16.5. The third-order valence-electron chi connectivity index (χ3n) is 2.68. The van der Waals surface area contributed by atoms with Gasteiger partial charge in [-0.15, -0.1) is 0 Å². The molecule has 104 valence electrons. The van der Waals surface area contributed by atoms with Crippen LogP contribution in [0.15, 0.2) is 11.6 Å². The van der Waals surface area contributed by atoms with E-state index in [1.54, 1.807) is 12.1 Å². The minimum atomic E-state index is -0.279. The molecule has 0 atom stereocenters. The zero-order valence-corrected chi connectivity index (χ0v) is 10.9. The molecule has 6 nitrogen and oxygen atoms in total. The summed E-state index contributed by atoms with van der Waals surface area (Å²) in [5, 5.41) is 13.6. The van der Waals surface area contributed by atoms with Crippen LogP contribution in [0.5, 0.6) is 0 Å². The lowest BCUT2D eigenvalue weighted by atomic mass is 10.1. The van der Waals surface area contributed by atoms with E-state index in [-0.39, 0.29) is 18.2 Å². The molecule has 0 saturated carbocycles. The van der Waals surface area contributed by atoms with Crippen molar-refractivity contribution in [2.75, 3.05) is 26.3 Å². The van der Waals surface area contributed by atoms with Crippen LogP contribution in [0.25, 0.3) is 0 Å². The molecule has 6 heteroatoms. The first-order valence-electron chi connectivity index (χ1n) is 6.41. The van der Waals surface area contributed by atoms with E-state index in [9.17, 15) is 9.59 Å². The highest BCUT2D eigenvalue weighted by Gasteiger charge is 2.07. The average Bonchev–Trinajstić information content (AvgIpc) is 2.40. The van der Waals surface area contributed by atoms with E-state index < -0.39 is 0 Å². The molecule has 1 saturated heterocycles. The van der Waals surface area contributed by atoms with Crippen molar-refractivity contribution in [3.8, 4) is 6.07 Å². The van der Waals surface area contributed by atoms with Crippen molar-refractivity contribution >= 4 is 11.8 Å². The lowest BCUT2D eigenvalue weighted by molar-refractivity contribution is -0.120. The lowest BCUT2D eigenvalue weighted by Crippen LogP contribution is -2.29. The molecule has 1 fully saturated rings. The topological polar surface area (TPSA) is 91.2 Å². The molecular weight excluding hydrogens is 246 g/mol. The van der Waals surface area contributed by atoms with Crippen molar-refractivity contribution in [1.82, 2.24) is 10.6 Å². The molecule has 1 heterocycles. The quantitative estimate of drug-likeness (QED) is 0.532. The molecule has 19 heavy (non-hydrogen) atoms. The first-order valence-corrected chi connectivity index (χ1v) is 6.41. The molecule has 0 aromatic rings. The van der Waals surface area contributed by atoms with Crippen LogP contribution in [0, 0.1) is 11.3 Å². The summed E-state index contributed by atoms with van der Waals surface area (Å²) >= 11 is 0. The van der Waals surface area contributed by atoms with Crippen LogP contribution in [-0.4, -0.2) is 38.1 Å². The summed E-state index contributed by atoms with van der Waals surface area (Å²) in [7, 11) is 0. The smallest absolute Gasteiger partial charge is 0.243 e. The van der Waals surface area contributed by atoms with Crippen molar-refractivity contribution in [2.45, 2.75) is 25.7 Å². The van der Waals surface area contributed by atoms with Crippen LogP contribution < -0.4 is 10.6 Å². The molecule has 0 aromatic carbocycles. The van der Waals surface area contributed by atoms with Gasteiger partial charge >= 0.3 is 0 Å². The van der Waals surface area contributed by atoms with E-state index in [0.29, 0.717) is 32.7 Å². The summed E-state index contributed by atoms with van der Waals surface area (Å²) in [6, 6.07) is 1.77. The maximum Gasteiger partial charge on any atom is 0.243 e. The molecular formula is C13H19N3O3. The van der Waals surface area contributed by atoms with Gasteiger partial charge in [0, 0.05) is 19.2 Å². The molecule has 0 bridgehead atoms. The Balaban J connectivity index is 2.07. The molecule has 1 aliphatic rings. The average molecular weight is 265 g/mol. The second-order valence-electron chi connectivity index (χ2n) is 4.24. The number of nitrogens with zero attached hydrogens (tertiary/aromatic N) is 1. The molecule has 1 rings (SSSR count). The van der Waals surface area contributed by atoms with Crippen LogP contribution in [-0.2, 0) is 14.3 Å². The number of carbonyl (C=O) groups excluding carboxylic acids is 2. The summed E-state index contributed by atoms with van der Waals surface area (Å²) in [4.78, 5) is 22.5. The Bertz CT molecular complexity index is 377. The van der Waals surface area contributed by atoms with E-state index >= 15 is 0 Å². The van der Waals surface area contributed by atoms with Crippen molar-refractivity contribution in [1.29, 1.82) is 5.26 Å². The van der Waals surface area contributed by atoms with E-state index in [2.05, 4.69) is 10.6 Å². The minimum Gasteiger partial charge on any atom is -0.381 e. The fourth-order valence-electron chi connectivity index (χ4n) is 1.68. The van der Waals surface area contributed by atoms with Gasteiger partial charge in [-0.2, -0.15) is 5.26 Å². The summed E-state index contributed by atoms with van der Waals surface area (Å²) in [5.41, 5.74) is 1.12. The molecule has 2 amide bonds. The Labute approximate surface area is 112 Å². The zero-order valence-electron chi connectivity index (χ0n) is 10.9. The van der Waals surface area contributed by atoms with Gasteiger partial charge in [0.25, 0.3) is 0 Å². The minimum absolute atomic E-state index is 0.0970. The second-order valence-corrected chi connectivity index (χ2v) is 4.24. The van der Waals surface area contributed by atoms with Gasteiger partial charge in [0.05, 0.1) is 19.3 Å². The number of hydrogen-bond acceptors (Lipinski definition) is 4. The van der Waals surface area contributed by atoms with E-state index in [4.69, 9.17) is 10.00 Å². The van der Waals surface area contributed by atoms with E-state index in [0.717, 1.165) is 18.4 Å². The molecule has 0 unspecified atom stereocenters. The zero-order chi connectivity index (χ0) is 13.9. The van der Waals surface area contributed by atoms with Gasteiger partial charge in [-0.05, 0) is 19.3 Å². The Morgan fingerprint density at radius 2 is 1.95 bits per heavy atom. The van der Waals surface area contributed by atoms with E-state index in [1.807, 2.05) is 0 Å². The van der Waals surface area contributed by atoms with Crippen molar-refractivity contribution < 1.29 is 14.3 Å². The van der Waals surface area contributed by atoms with Crippen LogP contribution in [0.3, 0.4) is 0 Å². The molecule has 2 N–H and O–H groups in total. The normalized spacial score (nSPS) is 14.4. The fraction of sp³-hybridized carbons (Fsp3) is 0.615. The third kappa shape index (κ3) is 7.21. The van der Waals surface area contributed by atoms with Gasteiger partial charge in [-0.25, -0.2) is 0 Å². The highest BCUT2D eigenvalue weighted by molar-refractivity contribution is 5.88. The van der Waals surface area contributed by atoms with Crippen LogP contribution in [0.4, 0.5) is 0 Å². The molecule has 0 aromatic heterocycles. The molecule has 0 radical (unpaired) electrons. The first kappa shape index (κ1) is 15.2. The number of ether oxygens (including phenoxy) is 1. The number of nitriles is 1. The van der Waals surface area contributed by atoms with Crippen molar-refractivity contribution in [3.05, 3.63) is 11.6 Å². The second kappa shape index (κ2) is 9.11. The van der Waals surface area contributed by atoms with Crippen molar-refractivity contribution in [2.24, 2.45) is 0 Å². The summed E-state index contributed by atoms with van der Waals surface area (Å²) in [6.45, 7) is 2.34. The summed E-state index contributed by atoms with van der Waals surface area (Å²) in [6.07, 6.45) is 3.79. The highest BCUT2D eigenvalue weighted by Crippen LogP contribution is 2.12. The Morgan fingerprint density at radius 3 is 2.63 bits per heavy atom. The number of hydrogen-bond donors (Lipinski definition) is 2. The lowest BCUT2D eigenvalue weighted by Gasteiger charge is -2.14. The summed E-state index contributed by atoms with van der Waals surface area (Å²) < 4.78 is 5.20. The first-order chi connectivity index (χ1) is 9.22. The van der Waals surface area contributed by atoms with Crippen LogP contribution in [0.2, 0.25) is 0 Å². The van der Waals surface area contributed by atoms with Gasteiger partial charge in [0.2, 0.25) is 11.8 Å². The van der Waals surface area contributed by atoms with Gasteiger partial charge in [-0.3, -0.25) is 9.59 Å². The van der Waals surface area contributed by atoms with Crippen LogP contribution >= 0.6 is 0 Å². The predicted octanol–water partition coefficient (Wildman–Crippen LogP) is 0.259. The standard InChI is InChI=1S/C13H19N3O3/c14-5-2-12(17)15-6-1-7-16-13(18)10-11-3-8-19-9-4-11/h10H,1-4,6-9H2,(H,15,17)(H,16,18). The van der Waals surface area contributed by atoms with E-state index in [1.165, 1.54) is 0 Å². The summed E-state index contributed by atoms with van der Waals surface area (Å²) in [5.74, 6) is -0.376. The Hall–Kier alpha value is -1.87. The third-order valence-corrected chi connectivity index (χ3v) is 2.68. The van der Waals surface area contributed by atoms with Gasteiger partial charge in [0.15, 0.2) is 0 Å². The largest absolute Gasteiger partial charge is 0.381 e. The maximum atomic E-state index is 11.6. The Morgan fingerprint density at radius 1 is 1.26 bits per heavy atom. The Kier molecular flexibility index (Phi) is 7.28. The van der Waals surface area contributed by atoms with Gasteiger partial charge in [-0.1, -0.05) is 5.57 Å². The number of amides is 2. The fourth-order valence-corrected chi connectivity index (χ4v) is 1.68. The monoisotopic (exact) mass is 265 g/mol. The number of nitrogens with one attached hydrogen (secondary N) is 2. The number of carbonyl (C=O) groups is 2.